The van der Waals surface area contributed by atoms with Gasteiger partial charge in [-0.2, -0.15) is 5.10 Å². The Morgan fingerprint density at radius 3 is 2.75 bits per heavy atom. The molecule has 6 nitrogen and oxygen atoms in total. The highest BCUT2D eigenvalue weighted by molar-refractivity contribution is 9.10. The lowest BCUT2D eigenvalue weighted by Gasteiger charge is -2.05. The molecule has 0 atom stereocenters. The molecule has 2 rings (SSSR count). The highest BCUT2D eigenvalue weighted by Crippen LogP contribution is 2.16. The van der Waals surface area contributed by atoms with Crippen molar-refractivity contribution < 1.29 is 4.79 Å². The van der Waals surface area contributed by atoms with Crippen LogP contribution in [0.25, 0.3) is 5.82 Å². The van der Waals surface area contributed by atoms with Crippen LogP contribution in [0.4, 0.5) is 5.69 Å². The number of rotatable bonds is 2. The minimum atomic E-state index is -0.596. The van der Waals surface area contributed by atoms with Crippen molar-refractivity contribution in [1.29, 1.82) is 0 Å². The summed E-state index contributed by atoms with van der Waals surface area (Å²) in [6.07, 6.45) is 4.70. The topological polar surface area (TPSA) is 99.8 Å². The first-order chi connectivity index (χ1) is 7.58. The number of carbonyl (C=O) groups is 1. The lowest BCUT2D eigenvalue weighted by atomic mass is 10.2. The molecule has 0 aliphatic rings. The molecule has 82 valence electrons. The third kappa shape index (κ3) is 1.89. The van der Waals surface area contributed by atoms with Gasteiger partial charge in [0.05, 0.1) is 28.1 Å². The fourth-order valence-electron chi connectivity index (χ4n) is 1.25. The number of amides is 1. The number of anilines is 1. The second kappa shape index (κ2) is 3.93. The summed E-state index contributed by atoms with van der Waals surface area (Å²) < 4.78 is 2.23. The second-order valence-electron chi connectivity index (χ2n) is 3.11. The van der Waals surface area contributed by atoms with Crippen molar-refractivity contribution in [3.05, 3.63) is 34.7 Å². The number of hydrogen-bond acceptors (Lipinski definition) is 4. The average Bonchev–Trinajstić information content (AvgIpc) is 2.64. The van der Waals surface area contributed by atoms with Crippen molar-refractivity contribution in [2.75, 3.05) is 5.73 Å². The first-order valence-corrected chi connectivity index (χ1v) is 5.13. The van der Waals surface area contributed by atoms with E-state index in [-0.39, 0.29) is 5.56 Å². The smallest absolute Gasteiger partial charge is 0.252 e. The Morgan fingerprint density at radius 2 is 2.19 bits per heavy atom. The van der Waals surface area contributed by atoms with Crippen LogP contribution in [0.2, 0.25) is 0 Å². The number of pyridine rings is 1. The van der Waals surface area contributed by atoms with Crippen LogP contribution in [-0.2, 0) is 0 Å². The summed E-state index contributed by atoms with van der Waals surface area (Å²) in [5.41, 5.74) is 11.4. The van der Waals surface area contributed by atoms with E-state index in [0.29, 0.717) is 11.5 Å². The molecular weight excluding hydrogens is 274 g/mol. The van der Waals surface area contributed by atoms with Gasteiger partial charge >= 0.3 is 0 Å². The highest BCUT2D eigenvalue weighted by Gasteiger charge is 2.12. The van der Waals surface area contributed by atoms with E-state index in [0.717, 1.165) is 4.47 Å². The largest absolute Gasteiger partial charge is 0.397 e. The molecule has 2 aromatic heterocycles. The summed E-state index contributed by atoms with van der Waals surface area (Å²) in [6.45, 7) is 0. The molecular formula is C9H8BrN5O. The molecule has 0 radical (unpaired) electrons. The summed E-state index contributed by atoms with van der Waals surface area (Å²) in [4.78, 5) is 15.3. The van der Waals surface area contributed by atoms with Crippen LogP contribution in [0.1, 0.15) is 10.4 Å². The number of aromatic nitrogens is 3. The van der Waals surface area contributed by atoms with Gasteiger partial charge in [-0.3, -0.25) is 4.79 Å². The van der Waals surface area contributed by atoms with Gasteiger partial charge in [0.25, 0.3) is 5.91 Å². The molecule has 0 saturated carbocycles. The molecule has 0 fully saturated rings. The lowest BCUT2D eigenvalue weighted by Crippen LogP contribution is -2.16. The fraction of sp³-hybridized carbons (Fsp3) is 0. The average molecular weight is 282 g/mol. The van der Waals surface area contributed by atoms with Gasteiger partial charge < -0.3 is 11.5 Å². The Morgan fingerprint density at radius 1 is 1.44 bits per heavy atom. The second-order valence-corrected chi connectivity index (χ2v) is 4.02. The number of primary amides is 1. The van der Waals surface area contributed by atoms with Gasteiger partial charge in [-0.05, 0) is 22.0 Å². The number of halogens is 1. The van der Waals surface area contributed by atoms with E-state index in [1.54, 1.807) is 12.4 Å². The van der Waals surface area contributed by atoms with E-state index in [1.807, 2.05) is 0 Å². The third-order valence-electron chi connectivity index (χ3n) is 1.92. The minimum absolute atomic E-state index is 0.232. The molecule has 0 unspecified atom stereocenters. The van der Waals surface area contributed by atoms with Crippen LogP contribution in [0.15, 0.2) is 29.1 Å². The fourth-order valence-corrected chi connectivity index (χ4v) is 1.54. The zero-order valence-corrected chi connectivity index (χ0v) is 9.68. The number of carbonyl (C=O) groups excluding carboxylic acids is 1. The third-order valence-corrected chi connectivity index (χ3v) is 2.33. The first kappa shape index (κ1) is 10.6. The van der Waals surface area contributed by atoms with Crippen molar-refractivity contribution in [2.24, 2.45) is 5.73 Å². The summed E-state index contributed by atoms with van der Waals surface area (Å²) >= 11 is 3.25. The lowest BCUT2D eigenvalue weighted by molar-refractivity contribution is 0.1000. The minimum Gasteiger partial charge on any atom is -0.397 e. The van der Waals surface area contributed by atoms with Gasteiger partial charge in [-0.25, -0.2) is 9.67 Å². The normalized spacial score (nSPS) is 10.3. The molecule has 0 spiro atoms. The van der Waals surface area contributed by atoms with Gasteiger partial charge in [-0.1, -0.05) is 0 Å². The molecule has 0 aromatic carbocycles. The Hall–Kier alpha value is -1.89. The van der Waals surface area contributed by atoms with Crippen molar-refractivity contribution in [3.63, 3.8) is 0 Å². The Balaban J connectivity index is 2.60. The van der Waals surface area contributed by atoms with Gasteiger partial charge in [-0.15, -0.1) is 0 Å². The molecule has 2 aromatic rings. The van der Waals surface area contributed by atoms with Crippen molar-refractivity contribution in [3.8, 4) is 5.82 Å². The van der Waals surface area contributed by atoms with E-state index >= 15 is 0 Å². The SMILES string of the molecule is NC(=O)c1cc(N)cnc1-n1cc(Br)cn1. The monoisotopic (exact) mass is 281 g/mol. The van der Waals surface area contributed by atoms with Crippen LogP contribution in [0.5, 0.6) is 0 Å². The molecule has 1 amide bonds. The Kier molecular flexibility index (Phi) is 2.61. The van der Waals surface area contributed by atoms with Gasteiger partial charge in [0.2, 0.25) is 0 Å². The van der Waals surface area contributed by atoms with Crippen LogP contribution >= 0.6 is 15.9 Å². The number of nitrogens with zero attached hydrogens (tertiary/aromatic N) is 3. The molecule has 0 saturated heterocycles. The van der Waals surface area contributed by atoms with E-state index in [4.69, 9.17) is 11.5 Å². The molecule has 0 aliphatic carbocycles. The van der Waals surface area contributed by atoms with E-state index in [1.165, 1.54) is 16.9 Å². The number of hydrogen-bond donors (Lipinski definition) is 2. The van der Waals surface area contributed by atoms with Gasteiger partial charge in [0.1, 0.15) is 0 Å². The predicted molar refractivity (Wildman–Crippen MR) is 62.0 cm³/mol. The standard InChI is InChI=1S/C9H8BrN5O/c10-5-2-14-15(4-5)9-7(8(12)16)1-6(11)3-13-9/h1-4H,11H2,(H2,12,16). The Labute approximate surface area is 99.4 Å². The Bertz CT molecular complexity index is 551. The van der Waals surface area contributed by atoms with Crippen LogP contribution in [0.3, 0.4) is 0 Å². The maximum absolute atomic E-state index is 11.2. The zero-order valence-electron chi connectivity index (χ0n) is 8.09. The maximum atomic E-state index is 11.2. The first-order valence-electron chi connectivity index (χ1n) is 4.34. The molecule has 2 heterocycles. The quantitative estimate of drug-likeness (QED) is 0.847. The highest BCUT2D eigenvalue weighted by atomic mass is 79.9. The number of nitrogen functional groups attached to an aromatic ring is 1. The number of nitrogens with two attached hydrogens (primary N) is 2. The van der Waals surface area contributed by atoms with Crippen molar-refractivity contribution in [1.82, 2.24) is 14.8 Å². The van der Waals surface area contributed by atoms with Crippen LogP contribution in [-0.4, -0.2) is 20.7 Å². The van der Waals surface area contributed by atoms with Crippen LogP contribution < -0.4 is 11.5 Å². The van der Waals surface area contributed by atoms with E-state index in [9.17, 15) is 4.79 Å². The predicted octanol–water partition coefficient (Wildman–Crippen LogP) is 0.711. The van der Waals surface area contributed by atoms with Gasteiger partial charge in [0.15, 0.2) is 5.82 Å². The van der Waals surface area contributed by atoms with E-state index < -0.39 is 5.91 Å². The van der Waals surface area contributed by atoms with Gasteiger partial charge in [0, 0.05) is 6.20 Å². The zero-order chi connectivity index (χ0) is 11.7. The molecule has 16 heavy (non-hydrogen) atoms. The molecule has 0 bridgehead atoms. The van der Waals surface area contributed by atoms with Crippen LogP contribution in [0, 0.1) is 0 Å². The summed E-state index contributed by atoms with van der Waals surface area (Å²) in [5.74, 6) is -0.242. The summed E-state index contributed by atoms with van der Waals surface area (Å²) in [6, 6.07) is 1.47. The maximum Gasteiger partial charge on any atom is 0.252 e. The molecule has 4 N–H and O–H groups in total. The summed E-state index contributed by atoms with van der Waals surface area (Å²) in [5, 5.41) is 4.02. The van der Waals surface area contributed by atoms with Crippen molar-refractivity contribution in [2.45, 2.75) is 0 Å². The van der Waals surface area contributed by atoms with E-state index in [2.05, 4.69) is 26.0 Å². The van der Waals surface area contributed by atoms with Crippen molar-refractivity contribution >= 4 is 27.5 Å². The molecule has 0 aliphatic heterocycles. The summed E-state index contributed by atoms with van der Waals surface area (Å²) in [7, 11) is 0. The molecule has 7 heteroatoms.